The van der Waals surface area contributed by atoms with Gasteiger partial charge in [-0.2, -0.15) is 0 Å². The summed E-state index contributed by atoms with van der Waals surface area (Å²) >= 11 is 1.67. The van der Waals surface area contributed by atoms with Gasteiger partial charge < -0.3 is 4.74 Å². The molecule has 62 valence electrons. The van der Waals surface area contributed by atoms with Gasteiger partial charge in [0.25, 0.3) is 0 Å². The molecule has 1 aromatic heterocycles. The average molecular weight is 170 g/mol. The van der Waals surface area contributed by atoms with Crippen LogP contribution in [0.5, 0.6) is 5.06 Å². The summed E-state index contributed by atoms with van der Waals surface area (Å²) in [6.07, 6.45) is 1.17. The smallest absolute Gasteiger partial charge is 0.176 e. The van der Waals surface area contributed by atoms with Gasteiger partial charge in [-0.1, -0.05) is 13.8 Å². The molecule has 11 heavy (non-hydrogen) atoms. The molecule has 1 heterocycles. The van der Waals surface area contributed by atoms with Gasteiger partial charge in [0.1, 0.15) is 0 Å². The molecule has 0 aliphatic carbocycles. The van der Waals surface area contributed by atoms with Crippen molar-refractivity contribution in [1.29, 1.82) is 0 Å². The lowest BCUT2D eigenvalue weighted by molar-refractivity contribution is 0.419. The first-order valence-electron chi connectivity index (χ1n) is 3.91. The van der Waals surface area contributed by atoms with Crippen molar-refractivity contribution in [2.24, 2.45) is 0 Å². The third-order valence-corrected chi connectivity index (χ3v) is 2.88. The lowest BCUT2D eigenvalue weighted by Crippen LogP contribution is -1.91. The molecule has 0 saturated carbocycles. The molecule has 0 N–H and O–H groups in total. The molecule has 0 radical (unpaired) electrons. The SMILES string of the molecule is CCC(C)c1ccsc1OC. The Bertz CT molecular complexity index is 217. The molecule has 0 amide bonds. The van der Waals surface area contributed by atoms with Crippen LogP contribution in [0.4, 0.5) is 0 Å². The molecule has 0 bridgehead atoms. The topological polar surface area (TPSA) is 9.23 Å². The number of hydrogen-bond donors (Lipinski definition) is 0. The maximum atomic E-state index is 5.23. The van der Waals surface area contributed by atoms with Gasteiger partial charge in [0.05, 0.1) is 7.11 Å². The average Bonchev–Trinajstić information content (AvgIpc) is 2.50. The minimum atomic E-state index is 0.621. The molecule has 1 nitrogen and oxygen atoms in total. The Morgan fingerprint density at radius 2 is 2.36 bits per heavy atom. The molecule has 1 unspecified atom stereocenters. The minimum Gasteiger partial charge on any atom is -0.487 e. The standard InChI is InChI=1S/C9H14OS/c1-4-7(2)8-5-6-11-9(8)10-3/h5-7H,4H2,1-3H3. The summed E-state index contributed by atoms with van der Waals surface area (Å²) in [7, 11) is 1.73. The number of rotatable bonds is 3. The summed E-state index contributed by atoms with van der Waals surface area (Å²) in [5, 5.41) is 3.15. The highest BCUT2D eigenvalue weighted by molar-refractivity contribution is 7.12. The van der Waals surface area contributed by atoms with Gasteiger partial charge in [-0.05, 0) is 23.8 Å². The molecule has 1 atom stereocenters. The van der Waals surface area contributed by atoms with Crippen LogP contribution in [0.2, 0.25) is 0 Å². The second-order valence-corrected chi connectivity index (χ2v) is 3.56. The predicted octanol–water partition coefficient (Wildman–Crippen LogP) is 3.27. The van der Waals surface area contributed by atoms with Gasteiger partial charge in [0.15, 0.2) is 5.06 Å². The normalized spacial score (nSPS) is 13.0. The fourth-order valence-electron chi connectivity index (χ4n) is 1.06. The Balaban J connectivity index is 2.83. The summed E-state index contributed by atoms with van der Waals surface area (Å²) in [6, 6.07) is 2.15. The Labute approximate surface area is 72.0 Å². The Hall–Kier alpha value is -0.500. The molecule has 0 aromatic carbocycles. The number of hydrogen-bond acceptors (Lipinski definition) is 2. The molecule has 0 aliphatic rings. The second-order valence-electron chi connectivity index (χ2n) is 2.68. The fourth-order valence-corrected chi connectivity index (χ4v) is 1.90. The molecular weight excluding hydrogens is 156 g/mol. The Morgan fingerprint density at radius 3 is 2.91 bits per heavy atom. The third kappa shape index (κ3) is 1.74. The summed E-state index contributed by atoms with van der Waals surface area (Å²) in [5.41, 5.74) is 1.35. The van der Waals surface area contributed by atoms with Crippen LogP contribution in [-0.2, 0) is 0 Å². The highest BCUT2D eigenvalue weighted by atomic mass is 32.1. The van der Waals surface area contributed by atoms with Gasteiger partial charge >= 0.3 is 0 Å². The number of methoxy groups -OCH3 is 1. The van der Waals surface area contributed by atoms with E-state index in [1.165, 1.54) is 12.0 Å². The first-order chi connectivity index (χ1) is 5.29. The highest BCUT2D eigenvalue weighted by Gasteiger charge is 2.09. The monoisotopic (exact) mass is 170 g/mol. The Kier molecular flexibility index (Phi) is 2.94. The minimum absolute atomic E-state index is 0.621. The summed E-state index contributed by atoms with van der Waals surface area (Å²) in [4.78, 5) is 0. The van der Waals surface area contributed by atoms with Crippen molar-refractivity contribution < 1.29 is 4.74 Å². The van der Waals surface area contributed by atoms with Crippen LogP contribution in [0.25, 0.3) is 0 Å². The van der Waals surface area contributed by atoms with Crippen LogP contribution in [0, 0.1) is 0 Å². The van der Waals surface area contributed by atoms with Crippen LogP contribution in [0.3, 0.4) is 0 Å². The molecule has 1 aromatic rings. The highest BCUT2D eigenvalue weighted by Crippen LogP contribution is 2.33. The fraction of sp³-hybridized carbons (Fsp3) is 0.556. The van der Waals surface area contributed by atoms with Crippen LogP contribution in [0.1, 0.15) is 31.7 Å². The maximum Gasteiger partial charge on any atom is 0.176 e. The van der Waals surface area contributed by atoms with E-state index in [1.54, 1.807) is 18.4 Å². The number of ether oxygens (including phenoxy) is 1. The lowest BCUT2D eigenvalue weighted by Gasteiger charge is -2.07. The number of thiophene rings is 1. The summed E-state index contributed by atoms with van der Waals surface area (Å²) in [5.74, 6) is 0.621. The quantitative estimate of drug-likeness (QED) is 0.676. The van der Waals surface area contributed by atoms with Crippen LogP contribution in [0.15, 0.2) is 11.4 Å². The van der Waals surface area contributed by atoms with Gasteiger partial charge in [-0.15, -0.1) is 11.3 Å². The molecule has 0 saturated heterocycles. The van der Waals surface area contributed by atoms with Crippen LogP contribution < -0.4 is 4.74 Å². The van der Waals surface area contributed by atoms with E-state index in [-0.39, 0.29) is 0 Å². The van der Waals surface area contributed by atoms with Gasteiger partial charge in [0.2, 0.25) is 0 Å². The Morgan fingerprint density at radius 1 is 1.64 bits per heavy atom. The van der Waals surface area contributed by atoms with E-state index in [1.807, 2.05) is 0 Å². The van der Waals surface area contributed by atoms with Crippen molar-refractivity contribution in [2.45, 2.75) is 26.2 Å². The molecule has 0 spiro atoms. The molecule has 0 fully saturated rings. The van der Waals surface area contributed by atoms with E-state index >= 15 is 0 Å². The lowest BCUT2D eigenvalue weighted by atomic mass is 10.0. The largest absolute Gasteiger partial charge is 0.487 e. The van der Waals surface area contributed by atoms with Crippen molar-refractivity contribution in [1.82, 2.24) is 0 Å². The zero-order valence-electron chi connectivity index (χ0n) is 7.26. The maximum absolute atomic E-state index is 5.23. The zero-order chi connectivity index (χ0) is 8.27. The second kappa shape index (κ2) is 3.77. The van der Waals surface area contributed by atoms with E-state index in [0.29, 0.717) is 5.92 Å². The van der Waals surface area contributed by atoms with Crippen LogP contribution >= 0.6 is 11.3 Å². The summed E-state index contributed by atoms with van der Waals surface area (Å²) < 4.78 is 5.23. The van der Waals surface area contributed by atoms with Crippen molar-refractivity contribution in [3.63, 3.8) is 0 Å². The van der Waals surface area contributed by atoms with Gasteiger partial charge in [0, 0.05) is 5.56 Å². The molecule has 0 aliphatic heterocycles. The first-order valence-corrected chi connectivity index (χ1v) is 4.79. The van der Waals surface area contributed by atoms with Gasteiger partial charge in [-0.25, -0.2) is 0 Å². The van der Waals surface area contributed by atoms with Crippen molar-refractivity contribution in [2.75, 3.05) is 7.11 Å². The van der Waals surface area contributed by atoms with Gasteiger partial charge in [-0.3, -0.25) is 0 Å². The third-order valence-electron chi connectivity index (χ3n) is 1.99. The predicted molar refractivity (Wildman–Crippen MR) is 49.6 cm³/mol. The van der Waals surface area contributed by atoms with E-state index < -0.39 is 0 Å². The van der Waals surface area contributed by atoms with Crippen molar-refractivity contribution >= 4 is 11.3 Å². The van der Waals surface area contributed by atoms with Crippen molar-refractivity contribution in [3.8, 4) is 5.06 Å². The van der Waals surface area contributed by atoms with E-state index in [9.17, 15) is 0 Å². The van der Waals surface area contributed by atoms with E-state index in [0.717, 1.165) is 5.06 Å². The van der Waals surface area contributed by atoms with E-state index in [4.69, 9.17) is 4.74 Å². The van der Waals surface area contributed by atoms with E-state index in [2.05, 4.69) is 25.3 Å². The first kappa shape index (κ1) is 8.60. The summed E-state index contributed by atoms with van der Waals surface area (Å²) in [6.45, 7) is 4.42. The molecule has 2 heteroatoms. The zero-order valence-corrected chi connectivity index (χ0v) is 8.07. The molecule has 1 rings (SSSR count). The van der Waals surface area contributed by atoms with Crippen LogP contribution in [-0.4, -0.2) is 7.11 Å². The molecular formula is C9H14OS. The van der Waals surface area contributed by atoms with Crippen molar-refractivity contribution in [3.05, 3.63) is 17.0 Å².